The van der Waals surface area contributed by atoms with E-state index in [4.69, 9.17) is 4.74 Å². The molecule has 4 nitrogen and oxygen atoms in total. The summed E-state index contributed by atoms with van der Waals surface area (Å²) < 4.78 is 21.4. The number of rotatable bonds is 3. The topological polar surface area (TPSA) is 44.1 Å². The smallest absolute Gasteiger partial charge is 0.167 e. The van der Waals surface area contributed by atoms with Crippen LogP contribution < -0.4 is 4.74 Å². The van der Waals surface area contributed by atoms with Crippen molar-refractivity contribution in [2.45, 2.75) is 25.7 Å². The summed E-state index contributed by atoms with van der Waals surface area (Å²) in [5, 5.41) is 4.47. The van der Waals surface area contributed by atoms with E-state index in [0.717, 1.165) is 17.0 Å². The van der Waals surface area contributed by atoms with Gasteiger partial charge in [0.25, 0.3) is 0 Å². The number of nitrogens with zero attached hydrogens (tertiary/aromatic N) is 2. The van der Waals surface area contributed by atoms with E-state index >= 15 is 0 Å². The van der Waals surface area contributed by atoms with Crippen molar-refractivity contribution in [2.24, 2.45) is 0 Å². The first-order valence-corrected chi connectivity index (χ1v) is 8.59. The first kappa shape index (κ1) is 16.5. The van der Waals surface area contributed by atoms with Gasteiger partial charge in [-0.05, 0) is 37.1 Å². The van der Waals surface area contributed by atoms with Crippen molar-refractivity contribution in [1.29, 1.82) is 0 Å². The highest BCUT2D eigenvalue weighted by atomic mass is 19.1. The maximum absolute atomic E-state index is 14.3. The molecule has 1 aliphatic carbocycles. The molecule has 1 aliphatic rings. The van der Waals surface area contributed by atoms with Crippen LogP contribution in [0.1, 0.15) is 39.6 Å². The van der Waals surface area contributed by atoms with Crippen molar-refractivity contribution in [2.75, 3.05) is 7.11 Å². The quantitative estimate of drug-likeness (QED) is 0.710. The number of para-hydroxylation sites is 2. The Morgan fingerprint density at radius 3 is 2.62 bits per heavy atom. The Morgan fingerprint density at radius 1 is 1.12 bits per heavy atom. The number of carbonyl (C=O) groups excluding carboxylic acids is 1. The molecule has 0 saturated carbocycles. The van der Waals surface area contributed by atoms with E-state index in [0.29, 0.717) is 29.8 Å². The molecule has 0 saturated heterocycles. The summed E-state index contributed by atoms with van der Waals surface area (Å²) in [5.74, 6) is 0.433. The minimum atomic E-state index is -0.357. The number of ether oxygens (including phenoxy) is 1. The van der Waals surface area contributed by atoms with Gasteiger partial charge in [0, 0.05) is 12.3 Å². The van der Waals surface area contributed by atoms with Crippen LogP contribution in [0.4, 0.5) is 4.39 Å². The highest BCUT2D eigenvalue weighted by molar-refractivity contribution is 6.00. The summed E-state index contributed by atoms with van der Waals surface area (Å²) in [6.45, 7) is 1.80. The minimum Gasteiger partial charge on any atom is -0.496 e. The molecule has 0 unspecified atom stereocenters. The molecule has 0 radical (unpaired) electrons. The lowest BCUT2D eigenvalue weighted by Gasteiger charge is -2.24. The van der Waals surface area contributed by atoms with E-state index in [1.807, 2.05) is 24.3 Å². The third-order valence-electron chi connectivity index (χ3n) is 4.97. The Kier molecular flexibility index (Phi) is 4.07. The largest absolute Gasteiger partial charge is 0.496 e. The predicted molar refractivity (Wildman–Crippen MR) is 96.6 cm³/mol. The van der Waals surface area contributed by atoms with Gasteiger partial charge in [-0.2, -0.15) is 5.10 Å². The maximum Gasteiger partial charge on any atom is 0.167 e. The van der Waals surface area contributed by atoms with Crippen LogP contribution in [0.5, 0.6) is 5.75 Å². The summed E-state index contributed by atoms with van der Waals surface area (Å²) in [7, 11) is 1.63. The molecule has 1 aromatic heterocycles. The summed E-state index contributed by atoms with van der Waals surface area (Å²) in [5.41, 5.74) is 3.39. The van der Waals surface area contributed by atoms with E-state index in [1.54, 1.807) is 36.9 Å². The number of Topliss-reactive ketones (excluding diaryl/α,β-unsaturated/α-hetero) is 1. The van der Waals surface area contributed by atoms with E-state index in [2.05, 4.69) is 5.10 Å². The van der Waals surface area contributed by atoms with Gasteiger partial charge in [0.15, 0.2) is 5.78 Å². The van der Waals surface area contributed by atoms with Crippen LogP contribution in [-0.2, 0) is 6.42 Å². The van der Waals surface area contributed by atoms with Crippen LogP contribution in [0.3, 0.4) is 0 Å². The number of hydrogen-bond donors (Lipinski definition) is 0. The van der Waals surface area contributed by atoms with Crippen molar-refractivity contribution in [3.63, 3.8) is 0 Å². The van der Waals surface area contributed by atoms with Gasteiger partial charge in [-0.3, -0.25) is 4.79 Å². The molecule has 3 aromatic rings. The fourth-order valence-electron chi connectivity index (χ4n) is 3.80. The molecule has 5 heteroatoms. The average Bonchev–Trinajstić information content (AvgIpc) is 2.99. The molecule has 0 bridgehead atoms. The fourth-order valence-corrected chi connectivity index (χ4v) is 3.80. The van der Waals surface area contributed by atoms with Crippen molar-refractivity contribution < 1.29 is 13.9 Å². The molecule has 0 N–H and O–H groups in total. The second-order valence-electron chi connectivity index (χ2n) is 6.54. The molecule has 0 spiro atoms. The summed E-state index contributed by atoms with van der Waals surface area (Å²) in [4.78, 5) is 12.8. The third-order valence-corrected chi connectivity index (χ3v) is 4.97. The molecule has 26 heavy (non-hydrogen) atoms. The Labute approximate surface area is 151 Å². The zero-order chi connectivity index (χ0) is 18.3. The van der Waals surface area contributed by atoms with Gasteiger partial charge in [-0.1, -0.05) is 30.3 Å². The number of halogens is 1. The maximum atomic E-state index is 14.3. The Balaban J connectivity index is 1.83. The lowest BCUT2D eigenvalue weighted by molar-refractivity contribution is 0.0963. The summed E-state index contributed by atoms with van der Waals surface area (Å²) >= 11 is 0. The van der Waals surface area contributed by atoms with Crippen LogP contribution >= 0.6 is 0 Å². The first-order chi connectivity index (χ1) is 12.6. The van der Waals surface area contributed by atoms with Crippen LogP contribution in [0.15, 0.2) is 48.5 Å². The van der Waals surface area contributed by atoms with Gasteiger partial charge in [0.1, 0.15) is 17.3 Å². The fraction of sp³-hybridized carbons (Fsp3) is 0.238. The number of benzene rings is 2. The molecule has 4 rings (SSSR count). The second-order valence-corrected chi connectivity index (χ2v) is 6.54. The van der Waals surface area contributed by atoms with Gasteiger partial charge in [-0.15, -0.1) is 0 Å². The molecule has 1 atom stereocenters. The highest BCUT2D eigenvalue weighted by Crippen LogP contribution is 2.38. The molecule has 0 amide bonds. The monoisotopic (exact) mass is 350 g/mol. The van der Waals surface area contributed by atoms with Gasteiger partial charge in [0.05, 0.1) is 24.1 Å². The van der Waals surface area contributed by atoms with Gasteiger partial charge in [0.2, 0.25) is 0 Å². The SMILES string of the molecule is COc1ccccc1[C@H]1CC(=O)c2c(C)nn(-c3ccccc3F)c2C1. The zero-order valence-electron chi connectivity index (χ0n) is 14.7. The number of fused-ring (bicyclic) bond motifs is 1. The third kappa shape index (κ3) is 2.60. The summed E-state index contributed by atoms with van der Waals surface area (Å²) in [6.07, 6.45) is 1.01. The van der Waals surface area contributed by atoms with Crippen molar-refractivity contribution in [1.82, 2.24) is 9.78 Å². The van der Waals surface area contributed by atoms with Crippen molar-refractivity contribution in [3.8, 4) is 11.4 Å². The Hall–Kier alpha value is -2.95. The normalized spacial score (nSPS) is 16.4. The second kappa shape index (κ2) is 6.41. The van der Waals surface area contributed by atoms with E-state index in [9.17, 15) is 9.18 Å². The van der Waals surface area contributed by atoms with Crippen LogP contribution in [-0.4, -0.2) is 22.7 Å². The van der Waals surface area contributed by atoms with Gasteiger partial charge >= 0.3 is 0 Å². The van der Waals surface area contributed by atoms with Crippen LogP contribution in [0.2, 0.25) is 0 Å². The average molecular weight is 350 g/mol. The van der Waals surface area contributed by atoms with Crippen LogP contribution in [0.25, 0.3) is 5.69 Å². The van der Waals surface area contributed by atoms with Crippen molar-refractivity contribution in [3.05, 3.63) is 76.9 Å². The zero-order valence-corrected chi connectivity index (χ0v) is 14.7. The van der Waals surface area contributed by atoms with E-state index < -0.39 is 0 Å². The van der Waals surface area contributed by atoms with Gasteiger partial charge < -0.3 is 4.74 Å². The highest BCUT2D eigenvalue weighted by Gasteiger charge is 2.33. The predicted octanol–water partition coefficient (Wildman–Crippen LogP) is 4.24. The molecule has 132 valence electrons. The number of methoxy groups -OCH3 is 1. The van der Waals surface area contributed by atoms with Gasteiger partial charge in [-0.25, -0.2) is 9.07 Å². The lowest BCUT2D eigenvalue weighted by atomic mass is 9.81. The molecular formula is C21H19FN2O2. The molecular weight excluding hydrogens is 331 g/mol. The van der Waals surface area contributed by atoms with E-state index in [1.165, 1.54) is 6.07 Å². The number of aryl methyl sites for hydroxylation is 1. The van der Waals surface area contributed by atoms with Crippen LogP contribution in [0, 0.1) is 12.7 Å². The number of carbonyl (C=O) groups is 1. The number of aromatic nitrogens is 2. The minimum absolute atomic E-state index is 0.0206. The molecule has 2 aromatic carbocycles. The Bertz CT molecular complexity index is 993. The number of ketones is 1. The molecule has 1 heterocycles. The van der Waals surface area contributed by atoms with E-state index in [-0.39, 0.29) is 17.5 Å². The standard InChI is InChI=1S/C21H19FN2O2/c1-13-21-18(24(23-13)17-9-5-4-8-16(17)22)11-14(12-19(21)25)15-7-3-6-10-20(15)26-2/h3-10,14H,11-12H2,1-2H3/t14-/m1/s1. The summed E-state index contributed by atoms with van der Waals surface area (Å²) in [6, 6.07) is 14.2. The number of hydrogen-bond acceptors (Lipinski definition) is 3. The first-order valence-electron chi connectivity index (χ1n) is 8.59. The lowest BCUT2D eigenvalue weighted by Crippen LogP contribution is -2.21. The molecule has 0 aliphatic heterocycles. The van der Waals surface area contributed by atoms with Crippen molar-refractivity contribution >= 4 is 5.78 Å². The Morgan fingerprint density at radius 2 is 1.85 bits per heavy atom. The molecule has 0 fully saturated rings.